The number of likely N-dealkylation sites (tertiary alicyclic amines) is 2. The minimum Gasteiger partial charge on any atom is -0.508 e. The lowest BCUT2D eigenvalue weighted by atomic mass is 9.43. The molecule has 6 aliphatic rings. The Hall–Kier alpha value is -3.12. The van der Waals surface area contributed by atoms with Crippen LogP contribution < -0.4 is 5.56 Å². The minimum atomic E-state index is -0.222. The van der Waals surface area contributed by atoms with Gasteiger partial charge in [0.2, 0.25) is 5.56 Å². The van der Waals surface area contributed by atoms with Gasteiger partial charge in [0.1, 0.15) is 5.75 Å². The monoisotopic (exact) mass is 521 g/mol. The maximum Gasteiger partial charge on any atom is 0.255 e. The summed E-state index contributed by atoms with van der Waals surface area (Å²) < 4.78 is 0. The van der Waals surface area contributed by atoms with Crippen LogP contribution in [0.15, 0.2) is 53.3 Å². The number of pyridine rings is 1. The first-order valence-electron chi connectivity index (χ1n) is 15.0. The van der Waals surface area contributed by atoms with Crippen LogP contribution in [0.25, 0.3) is 10.9 Å². The number of amides is 1. The van der Waals surface area contributed by atoms with Crippen molar-refractivity contribution >= 4 is 16.8 Å². The maximum atomic E-state index is 14.3. The summed E-state index contributed by atoms with van der Waals surface area (Å²) in [5.74, 6) is 2.14. The Morgan fingerprint density at radius 3 is 2.82 bits per heavy atom. The normalized spacial score (nSPS) is 36.2. The van der Waals surface area contributed by atoms with Crippen molar-refractivity contribution in [3.05, 3.63) is 75.6 Å². The van der Waals surface area contributed by atoms with Crippen LogP contribution in [0.2, 0.25) is 0 Å². The number of rotatable bonds is 3. The number of H-pyrrole nitrogens is 1. The van der Waals surface area contributed by atoms with Gasteiger partial charge in [-0.3, -0.25) is 14.5 Å². The molecule has 4 aliphatic carbocycles. The molecule has 3 heterocycles. The van der Waals surface area contributed by atoms with Crippen molar-refractivity contribution in [2.45, 2.75) is 62.4 Å². The smallest absolute Gasteiger partial charge is 0.255 e. The van der Waals surface area contributed by atoms with E-state index in [-0.39, 0.29) is 28.3 Å². The highest BCUT2D eigenvalue weighted by molar-refractivity contribution is 6.06. The number of phenolic OH excluding ortho intramolecular Hbond substituents is 1. The van der Waals surface area contributed by atoms with Crippen molar-refractivity contribution in [2.24, 2.45) is 23.2 Å². The van der Waals surface area contributed by atoms with Gasteiger partial charge in [0.05, 0.1) is 5.56 Å². The highest BCUT2D eigenvalue weighted by Gasteiger charge is 2.76. The number of carbonyl (C=O) groups excluding carboxylic acids is 1. The third-order valence-corrected chi connectivity index (χ3v) is 12.0. The molecule has 2 aromatic carbocycles. The van der Waals surface area contributed by atoms with Crippen LogP contribution in [-0.4, -0.2) is 57.5 Å². The molecule has 2 saturated heterocycles. The first kappa shape index (κ1) is 22.7. The Morgan fingerprint density at radius 2 is 1.95 bits per heavy atom. The Labute approximate surface area is 228 Å². The van der Waals surface area contributed by atoms with E-state index in [1.807, 2.05) is 30.3 Å². The average molecular weight is 522 g/mol. The number of aromatic nitrogens is 1. The predicted octanol–water partition coefficient (Wildman–Crippen LogP) is 4.45. The lowest BCUT2D eigenvalue weighted by Gasteiger charge is -2.66. The number of phenols is 1. The van der Waals surface area contributed by atoms with Crippen LogP contribution in [0, 0.1) is 23.2 Å². The second-order valence-corrected chi connectivity index (χ2v) is 13.5. The van der Waals surface area contributed by atoms with Gasteiger partial charge in [0, 0.05) is 47.6 Å². The van der Waals surface area contributed by atoms with Crippen LogP contribution >= 0.6 is 0 Å². The van der Waals surface area contributed by atoms with Crippen molar-refractivity contribution in [2.75, 3.05) is 19.6 Å². The molecule has 6 nitrogen and oxygen atoms in total. The van der Waals surface area contributed by atoms with Gasteiger partial charge in [0.25, 0.3) is 5.91 Å². The Kier molecular flexibility index (Phi) is 4.38. The highest BCUT2D eigenvalue weighted by atomic mass is 16.3. The second-order valence-electron chi connectivity index (χ2n) is 13.5. The summed E-state index contributed by atoms with van der Waals surface area (Å²) in [4.78, 5) is 34.7. The number of carbonyl (C=O) groups is 1. The fraction of sp³-hybridized carbons (Fsp3) is 0.515. The number of aromatic hydroxyl groups is 1. The first-order chi connectivity index (χ1) is 19.0. The van der Waals surface area contributed by atoms with E-state index in [9.17, 15) is 14.7 Å². The van der Waals surface area contributed by atoms with E-state index in [0.717, 1.165) is 55.6 Å². The molecule has 3 saturated carbocycles. The van der Waals surface area contributed by atoms with Crippen LogP contribution in [-0.2, 0) is 11.8 Å². The molecule has 200 valence electrons. The summed E-state index contributed by atoms with van der Waals surface area (Å²) in [6.07, 6.45) is 8.34. The van der Waals surface area contributed by atoms with Gasteiger partial charge >= 0.3 is 0 Å². The Bertz CT molecular complexity index is 1610. The minimum absolute atomic E-state index is 0.00950. The van der Waals surface area contributed by atoms with Gasteiger partial charge in [-0.05, 0) is 104 Å². The molecule has 0 radical (unpaired) electrons. The molecule has 2 N–H and O–H groups in total. The van der Waals surface area contributed by atoms with Gasteiger partial charge in [-0.2, -0.15) is 0 Å². The van der Waals surface area contributed by atoms with Crippen molar-refractivity contribution in [3.63, 3.8) is 0 Å². The van der Waals surface area contributed by atoms with Gasteiger partial charge in [-0.15, -0.1) is 0 Å². The predicted molar refractivity (Wildman–Crippen MR) is 149 cm³/mol. The van der Waals surface area contributed by atoms with Gasteiger partial charge in [-0.1, -0.05) is 24.3 Å². The quantitative estimate of drug-likeness (QED) is 0.534. The average Bonchev–Trinajstić information content (AvgIpc) is 3.63. The summed E-state index contributed by atoms with van der Waals surface area (Å²) in [6, 6.07) is 16.1. The summed E-state index contributed by atoms with van der Waals surface area (Å²) in [5.41, 5.74) is 4.08. The van der Waals surface area contributed by atoms with Gasteiger partial charge in [-0.25, -0.2) is 0 Å². The molecule has 39 heavy (non-hydrogen) atoms. The highest BCUT2D eigenvalue weighted by Crippen LogP contribution is 2.75. The van der Waals surface area contributed by atoms with Gasteiger partial charge < -0.3 is 15.0 Å². The van der Waals surface area contributed by atoms with E-state index in [2.05, 4.69) is 26.9 Å². The number of hydrogen-bond donors (Lipinski definition) is 2. The molecule has 9 rings (SSSR count). The molecule has 4 bridgehead atoms. The largest absolute Gasteiger partial charge is 0.508 e. The van der Waals surface area contributed by atoms with Gasteiger partial charge in [0.15, 0.2) is 0 Å². The number of fused-ring (bicyclic) bond motifs is 2. The van der Waals surface area contributed by atoms with Crippen LogP contribution in [0.4, 0.5) is 0 Å². The molecule has 1 aromatic heterocycles. The van der Waals surface area contributed by atoms with E-state index in [4.69, 9.17) is 0 Å². The van der Waals surface area contributed by atoms with Crippen LogP contribution in [0.3, 0.4) is 0 Å². The summed E-state index contributed by atoms with van der Waals surface area (Å²) in [5, 5.41) is 11.5. The fourth-order valence-electron chi connectivity index (χ4n) is 10.7. The first-order valence-corrected chi connectivity index (χ1v) is 15.0. The Balaban J connectivity index is 1.16. The zero-order valence-corrected chi connectivity index (χ0v) is 22.2. The van der Waals surface area contributed by atoms with Crippen molar-refractivity contribution in [3.8, 4) is 5.75 Å². The summed E-state index contributed by atoms with van der Waals surface area (Å²) in [7, 11) is 0. The number of nitrogens with zero attached hydrogens (tertiary/aromatic N) is 2. The molecular weight excluding hydrogens is 486 g/mol. The molecule has 5 fully saturated rings. The number of aromatic amines is 1. The zero-order chi connectivity index (χ0) is 26.1. The Morgan fingerprint density at radius 1 is 1.08 bits per heavy atom. The standard InChI is InChI=1S/C33H35N3O3/c37-22-8-7-20-13-28-32-10-9-27-30(33(32,25(20)14-22)11-12-35(28)17-19-5-6-19)21(16-32)18-36(27)31(39)24-15-29(38)34-26-4-2-1-3-23(24)26/h1-4,7-8,14-15,19,21,27-28,30,37H,5-6,9-13,16-18H2,(H,34,38)/t21-,27-,28-,30-,32-,33+/m1/s1. The molecule has 0 spiro atoms. The van der Waals surface area contributed by atoms with Crippen molar-refractivity contribution in [1.82, 2.24) is 14.8 Å². The summed E-state index contributed by atoms with van der Waals surface area (Å²) >= 11 is 0. The lowest BCUT2D eigenvalue weighted by Crippen LogP contribution is -2.69. The molecule has 1 amide bonds. The van der Waals surface area contributed by atoms with E-state index in [0.29, 0.717) is 29.2 Å². The van der Waals surface area contributed by atoms with Crippen molar-refractivity contribution < 1.29 is 9.90 Å². The third kappa shape index (κ3) is 2.81. The number of nitrogens with one attached hydrogen (secondary N) is 1. The maximum absolute atomic E-state index is 14.3. The molecule has 6 atom stereocenters. The lowest BCUT2D eigenvalue weighted by molar-refractivity contribution is -0.102. The number of piperidine rings is 1. The molecule has 3 aromatic rings. The van der Waals surface area contributed by atoms with E-state index in [1.54, 1.807) is 0 Å². The van der Waals surface area contributed by atoms with Crippen molar-refractivity contribution in [1.29, 1.82) is 0 Å². The van der Waals surface area contributed by atoms with Crippen LogP contribution in [0.5, 0.6) is 5.75 Å². The third-order valence-electron chi connectivity index (χ3n) is 12.0. The van der Waals surface area contributed by atoms with E-state index < -0.39 is 0 Å². The number of para-hydroxylation sites is 1. The molecule has 6 heteroatoms. The second kappa shape index (κ2) is 7.54. The van der Waals surface area contributed by atoms with Crippen LogP contribution in [0.1, 0.15) is 60.0 Å². The zero-order valence-electron chi connectivity index (χ0n) is 22.2. The van der Waals surface area contributed by atoms with E-state index in [1.165, 1.54) is 43.0 Å². The topological polar surface area (TPSA) is 76.6 Å². The number of benzene rings is 2. The molecular formula is C33H35N3O3. The summed E-state index contributed by atoms with van der Waals surface area (Å²) in [6.45, 7) is 3.15. The molecule has 0 unspecified atom stereocenters. The number of hydrogen-bond acceptors (Lipinski definition) is 4. The molecule has 2 aliphatic heterocycles. The SMILES string of the molecule is O=C(c1cc(=O)[nH]c2ccccc12)N1C[C@H]2C[C@@]34CC[C@@H]1[C@@H]2[C@@]31CCN(CC2CC2)[C@@H]4Cc2ccc(O)cc21. The van der Waals surface area contributed by atoms with E-state index >= 15 is 0 Å². The fourth-order valence-corrected chi connectivity index (χ4v) is 10.7.